The van der Waals surface area contributed by atoms with Crippen LogP contribution in [0.2, 0.25) is 5.02 Å². The van der Waals surface area contributed by atoms with Crippen LogP contribution in [0.1, 0.15) is 25.8 Å². The van der Waals surface area contributed by atoms with Gasteiger partial charge in [-0.3, -0.25) is 0 Å². The predicted molar refractivity (Wildman–Crippen MR) is 65.8 cm³/mol. The summed E-state index contributed by atoms with van der Waals surface area (Å²) >= 11 is 6.17. The Labute approximate surface area is 101 Å². The molecule has 1 aliphatic rings. The molecule has 4 heteroatoms. The molecule has 88 valence electrons. The normalized spacial score (nSPS) is 19.1. The van der Waals surface area contributed by atoms with E-state index in [-0.39, 0.29) is 6.61 Å². The molecule has 0 spiro atoms. The molecule has 0 bridgehead atoms. The topological polar surface area (TPSA) is 36.4 Å². The second-order valence-electron chi connectivity index (χ2n) is 5.14. The van der Waals surface area contributed by atoms with E-state index < -0.39 is 0 Å². The highest BCUT2D eigenvalue weighted by Crippen LogP contribution is 2.34. The fourth-order valence-electron chi connectivity index (χ4n) is 2.08. The van der Waals surface area contributed by atoms with E-state index in [1.807, 2.05) is 0 Å². The lowest BCUT2D eigenvalue weighted by Gasteiger charge is -2.21. The fourth-order valence-corrected chi connectivity index (χ4v) is 2.39. The number of pyridine rings is 1. The number of hydrogen-bond donors (Lipinski definition) is 1. The molecule has 1 aliphatic heterocycles. The van der Waals surface area contributed by atoms with Gasteiger partial charge in [-0.15, -0.1) is 0 Å². The van der Waals surface area contributed by atoms with Crippen LogP contribution in [0, 0.1) is 5.41 Å². The molecule has 1 fully saturated rings. The molecule has 1 N–H and O–H groups in total. The van der Waals surface area contributed by atoms with Crippen molar-refractivity contribution in [3.8, 4) is 0 Å². The molecule has 0 radical (unpaired) electrons. The molecule has 2 rings (SSSR count). The maximum atomic E-state index is 8.99. The van der Waals surface area contributed by atoms with Crippen LogP contribution in [0.25, 0.3) is 0 Å². The van der Waals surface area contributed by atoms with Crippen molar-refractivity contribution in [1.29, 1.82) is 0 Å². The number of rotatable bonds is 2. The first-order chi connectivity index (χ1) is 7.52. The second-order valence-corrected chi connectivity index (χ2v) is 5.55. The summed E-state index contributed by atoms with van der Waals surface area (Å²) in [5.74, 6) is 0.837. The summed E-state index contributed by atoms with van der Waals surface area (Å²) in [7, 11) is 0. The molecule has 1 aromatic rings. The molecule has 1 aromatic heterocycles. The van der Waals surface area contributed by atoms with E-state index in [2.05, 4.69) is 23.7 Å². The van der Waals surface area contributed by atoms with Gasteiger partial charge in [-0.25, -0.2) is 4.98 Å². The molecule has 0 saturated carbocycles. The Balaban J connectivity index is 2.22. The van der Waals surface area contributed by atoms with Gasteiger partial charge in [0.05, 0.1) is 11.6 Å². The van der Waals surface area contributed by atoms with Crippen LogP contribution in [0.5, 0.6) is 0 Å². The average Bonchev–Trinajstić information content (AvgIpc) is 2.58. The molecular formula is C12H17ClN2O. The van der Waals surface area contributed by atoms with Crippen LogP contribution in [-0.2, 0) is 6.61 Å². The van der Waals surface area contributed by atoms with Gasteiger partial charge in [0, 0.05) is 19.3 Å². The molecule has 0 amide bonds. The SMILES string of the molecule is CC1(C)CCN(c2ncc(CO)cc2Cl)C1. The quantitative estimate of drug-likeness (QED) is 0.863. The Morgan fingerprint density at radius 3 is 2.81 bits per heavy atom. The molecule has 2 heterocycles. The van der Waals surface area contributed by atoms with Gasteiger partial charge in [0.15, 0.2) is 0 Å². The standard InChI is InChI=1S/C12H17ClN2O/c1-12(2)3-4-15(8-12)11-10(13)5-9(7-16)6-14-11/h5-6,16H,3-4,7-8H2,1-2H3. The number of anilines is 1. The van der Waals surface area contributed by atoms with Crippen molar-refractivity contribution in [1.82, 2.24) is 4.98 Å². The van der Waals surface area contributed by atoms with E-state index in [9.17, 15) is 0 Å². The molecular weight excluding hydrogens is 224 g/mol. The zero-order chi connectivity index (χ0) is 11.8. The first-order valence-corrected chi connectivity index (χ1v) is 5.90. The van der Waals surface area contributed by atoms with E-state index in [1.165, 1.54) is 0 Å². The highest BCUT2D eigenvalue weighted by Gasteiger charge is 2.30. The number of halogens is 1. The van der Waals surface area contributed by atoms with E-state index >= 15 is 0 Å². The molecule has 1 saturated heterocycles. The Hall–Kier alpha value is -0.800. The highest BCUT2D eigenvalue weighted by molar-refractivity contribution is 6.33. The first kappa shape index (κ1) is 11.7. The maximum Gasteiger partial charge on any atom is 0.147 e. The zero-order valence-electron chi connectivity index (χ0n) is 9.70. The smallest absolute Gasteiger partial charge is 0.147 e. The van der Waals surface area contributed by atoms with Crippen molar-refractivity contribution in [3.05, 3.63) is 22.8 Å². The average molecular weight is 241 g/mol. The van der Waals surface area contributed by atoms with Crippen LogP contribution < -0.4 is 4.90 Å². The number of hydrogen-bond acceptors (Lipinski definition) is 3. The lowest BCUT2D eigenvalue weighted by Crippen LogP contribution is -2.23. The summed E-state index contributed by atoms with van der Waals surface area (Å²) in [6.07, 6.45) is 2.85. The van der Waals surface area contributed by atoms with E-state index in [0.29, 0.717) is 10.4 Å². The van der Waals surface area contributed by atoms with Crippen LogP contribution in [-0.4, -0.2) is 23.2 Å². The van der Waals surface area contributed by atoms with Gasteiger partial charge in [0.25, 0.3) is 0 Å². The minimum atomic E-state index is -0.0154. The molecule has 16 heavy (non-hydrogen) atoms. The summed E-state index contributed by atoms with van der Waals surface area (Å²) in [5, 5.41) is 9.62. The Morgan fingerprint density at radius 1 is 1.56 bits per heavy atom. The van der Waals surface area contributed by atoms with Gasteiger partial charge in [0.1, 0.15) is 5.82 Å². The van der Waals surface area contributed by atoms with Crippen molar-refractivity contribution in [2.24, 2.45) is 5.41 Å². The van der Waals surface area contributed by atoms with Crippen molar-refractivity contribution in [2.45, 2.75) is 26.9 Å². The molecule has 3 nitrogen and oxygen atoms in total. The van der Waals surface area contributed by atoms with Crippen LogP contribution in [0.4, 0.5) is 5.82 Å². The van der Waals surface area contributed by atoms with Crippen molar-refractivity contribution >= 4 is 17.4 Å². The van der Waals surface area contributed by atoms with Crippen LogP contribution >= 0.6 is 11.6 Å². The van der Waals surface area contributed by atoms with Crippen molar-refractivity contribution in [3.63, 3.8) is 0 Å². The fraction of sp³-hybridized carbons (Fsp3) is 0.583. The first-order valence-electron chi connectivity index (χ1n) is 5.52. The monoisotopic (exact) mass is 240 g/mol. The lowest BCUT2D eigenvalue weighted by molar-refractivity contribution is 0.281. The van der Waals surface area contributed by atoms with Crippen LogP contribution in [0.15, 0.2) is 12.3 Å². The molecule has 0 unspecified atom stereocenters. The third-order valence-electron chi connectivity index (χ3n) is 3.04. The molecule has 0 aliphatic carbocycles. The van der Waals surface area contributed by atoms with E-state index in [0.717, 1.165) is 30.9 Å². The number of aliphatic hydroxyl groups excluding tert-OH is 1. The third kappa shape index (κ3) is 2.30. The summed E-state index contributed by atoms with van der Waals surface area (Å²) < 4.78 is 0. The Morgan fingerprint density at radius 2 is 2.31 bits per heavy atom. The zero-order valence-corrected chi connectivity index (χ0v) is 10.5. The number of nitrogens with zero attached hydrogens (tertiary/aromatic N) is 2. The van der Waals surface area contributed by atoms with Gasteiger partial charge >= 0.3 is 0 Å². The van der Waals surface area contributed by atoms with Crippen molar-refractivity contribution < 1.29 is 5.11 Å². The van der Waals surface area contributed by atoms with Gasteiger partial charge < -0.3 is 10.0 Å². The minimum absolute atomic E-state index is 0.0154. The summed E-state index contributed by atoms with van der Waals surface area (Å²) in [5.41, 5.74) is 1.09. The molecule has 0 aromatic carbocycles. The summed E-state index contributed by atoms with van der Waals surface area (Å²) in [6, 6.07) is 1.79. The summed E-state index contributed by atoms with van der Waals surface area (Å²) in [4.78, 5) is 6.54. The van der Waals surface area contributed by atoms with E-state index in [1.54, 1.807) is 12.3 Å². The Bertz CT molecular complexity index is 393. The van der Waals surface area contributed by atoms with Gasteiger partial charge in [-0.2, -0.15) is 0 Å². The second kappa shape index (κ2) is 4.22. The van der Waals surface area contributed by atoms with Crippen molar-refractivity contribution in [2.75, 3.05) is 18.0 Å². The lowest BCUT2D eigenvalue weighted by atomic mass is 9.93. The van der Waals surface area contributed by atoms with E-state index in [4.69, 9.17) is 16.7 Å². The summed E-state index contributed by atoms with van der Waals surface area (Å²) in [6.45, 7) is 6.47. The minimum Gasteiger partial charge on any atom is -0.392 e. The molecule has 0 atom stereocenters. The largest absolute Gasteiger partial charge is 0.392 e. The predicted octanol–water partition coefficient (Wildman–Crippen LogP) is 2.46. The van der Waals surface area contributed by atoms with Gasteiger partial charge in [-0.1, -0.05) is 25.4 Å². The maximum absolute atomic E-state index is 8.99. The number of aromatic nitrogens is 1. The highest BCUT2D eigenvalue weighted by atomic mass is 35.5. The Kier molecular flexibility index (Phi) is 3.08. The third-order valence-corrected chi connectivity index (χ3v) is 3.32. The van der Waals surface area contributed by atoms with Gasteiger partial charge in [-0.05, 0) is 23.5 Å². The number of aliphatic hydroxyl groups is 1. The van der Waals surface area contributed by atoms with Gasteiger partial charge in [0.2, 0.25) is 0 Å². The van der Waals surface area contributed by atoms with Crippen LogP contribution in [0.3, 0.4) is 0 Å².